The van der Waals surface area contributed by atoms with E-state index < -0.39 is 15.3 Å². The van der Waals surface area contributed by atoms with Crippen LogP contribution in [0.5, 0.6) is 0 Å². The molecule has 1 amide bonds. The minimum absolute atomic E-state index is 0.0407. The first-order valence-electron chi connectivity index (χ1n) is 5.97. The van der Waals surface area contributed by atoms with Gasteiger partial charge in [-0.1, -0.05) is 0 Å². The van der Waals surface area contributed by atoms with Crippen LogP contribution in [0.1, 0.15) is 19.3 Å². The Hall–Kier alpha value is -0.660. The maximum Gasteiger partial charge on any atom is 0.224 e. The summed E-state index contributed by atoms with van der Waals surface area (Å²) in [6.45, 7) is 2.85. The molecule has 7 heteroatoms. The number of carbonyl (C=O) groups is 1. The Morgan fingerprint density at radius 1 is 1.47 bits per heavy atom. The van der Waals surface area contributed by atoms with Gasteiger partial charge in [-0.05, 0) is 31.8 Å². The van der Waals surface area contributed by atoms with Crippen molar-refractivity contribution in [3.63, 3.8) is 0 Å². The number of rotatable bonds is 3. The molecular formula is C10H19N3O3S. The Bertz CT molecular complexity index is 390. The zero-order chi connectivity index (χ0) is 12.5. The lowest BCUT2D eigenvalue weighted by Crippen LogP contribution is -2.40. The number of likely N-dealkylation sites (tertiary alicyclic amines) is 1. The number of nitrogens with two attached hydrogens (primary N) is 1. The monoisotopic (exact) mass is 261 g/mol. The van der Waals surface area contributed by atoms with Crippen LogP contribution in [0.2, 0.25) is 0 Å². The molecule has 2 unspecified atom stereocenters. The van der Waals surface area contributed by atoms with E-state index >= 15 is 0 Å². The summed E-state index contributed by atoms with van der Waals surface area (Å²) in [7, 11) is -3.59. The first-order chi connectivity index (χ1) is 7.97. The van der Waals surface area contributed by atoms with E-state index in [2.05, 4.69) is 5.32 Å². The Kier molecular flexibility index (Phi) is 3.70. The SMILES string of the molecule is NS(=O)(=O)C1CC(=O)N(CC2CCCNC2)C1. The highest BCUT2D eigenvalue weighted by molar-refractivity contribution is 7.89. The van der Waals surface area contributed by atoms with Crippen molar-refractivity contribution < 1.29 is 13.2 Å². The normalized spacial score (nSPS) is 30.9. The minimum Gasteiger partial charge on any atom is -0.341 e. The van der Waals surface area contributed by atoms with Crippen LogP contribution in [0.4, 0.5) is 0 Å². The number of carbonyl (C=O) groups excluding carboxylic acids is 1. The second-order valence-corrected chi connectivity index (χ2v) is 6.77. The molecule has 98 valence electrons. The third-order valence-corrected chi connectivity index (χ3v) is 4.77. The Labute approximate surface area is 102 Å². The fourth-order valence-electron chi connectivity index (χ4n) is 2.52. The summed E-state index contributed by atoms with van der Waals surface area (Å²) in [6, 6.07) is 0. The fourth-order valence-corrected chi connectivity index (χ4v) is 3.29. The van der Waals surface area contributed by atoms with Crippen LogP contribution < -0.4 is 10.5 Å². The zero-order valence-electron chi connectivity index (χ0n) is 9.76. The lowest BCUT2D eigenvalue weighted by atomic mass is 9.99. The number of nitrogens with one attached hydrogen (secondary N) is 1. The quantitative estimate of drug-likeness (QED) is 0.673. The molecule has 0 bridgehead atoms. The third kappa shape index (κ3) is 3.17. The van der Waals surface area contributed by atoms with Gasteiger partial charge in [0.25, 0.3) is 0 Å². The molecule has 2 saturated heterocycles. The van der Waals surface area contributed by atoms with E-state index in [0.717, 1.165) is 25.9 Å². The van der Waals surface area contributed by atoms with E-state index in [1.807, 2.05) is 0 Å². The summed E-state index contributed by atoms with van der Waals surface area (Å²) in [5.74, 6) is 0.349. The molecule has 0 radical (unpaired) electrons. The standard InChI is InChI=1S/C10H19N3O3S/c11-17(15,16)9-4-10(14)13(7-9)6-8-2-1-3-12-5-8/h8-9,12H,1-7H2,(H2,11,15,16). The largest absolute Gasteiger partial charge is 0.341 e. The highest BCUT2D eigenvalue weighted by Gasteiger charge is 2.37. The van der Waals surface area contributed by atoms with Gasteiger partial charge in [0.15, 0.2) is 0 Å². The van der Waals surface area contributed by atoms with Crippen molar-refractivity contribution in [2.24, 2.45) is 11.1 Å². The molecule has 0 spiro atoms. The molecule has 17 heavy (non-hydrogen) atoms. The van der Waals surface area contributed by atoms with Crippen LogP contribution in [-0.4, -0.2) is 50.7 Å². The molecule has 0 aliphatic carbocycles. The Morgan fingerprint density at radius 2 is 2.24 bits per heavy atom. The van der Waals surface area contributed by atoms with Gasteiger partial charge in [0.2, 0.25) is 15.9 Å². The highest BCUT2D eigenvalue weighted by atomic mass is 32.2. The topological polar surface area (TPSA) is 92.5 Å². The molecule has 0 aromatic heterocycles. The molecule has 2 fully saturated rings. The van der Waals surface area contributed by atoms with Gasteiger partial charge in [-0.25, -0.2) is 13.6 Å². The van der Waals surface area contributed by atoms with Crippen molar-refractivity contribution in [1.82, 2.24) is 10.2 Å². The number of piperidine rings is 1. The van der Waals surface area contributed by atoms with Crippen molar-refractivity contribution in [2.45, 2.75) is 24.5 Å². The predicted octanol–water partition coefficient (Wildman–Crippen LogP) is -1.12. The van der Waals surface area contributed by atoms with E-state index in [9.17, 15) is 13.2 Å². The van der Waals surface area contributed by atoms with Crippen LogP contribution in [0, 0.1) is 5.92 Å². The van der Waals surface area contributed by atoms with Crippen LogP contribution in [0.25, 0.3) is 0 Å². The van der Waals surface area contributed by atoms with Gasteiger partial charge in [0.1, 0.15) is 5.25 Å². The molecule has 2 rings (SSSR count). The maximum atomic E-state index is 11.7. The van der Waals surface area contributed by atoms with Gasteiger partial charge >= 0.3 is 0 Å². The lowest BCUT2D eigenvalue weighted by Gasteiger charge is -2.27. The van der Waals surface area contributed by atoms with E-state index in [1.165, 1.54) is 0 Å². The molecule has 2 aliphatic heterocycles. The number of hydrogen-bond acceptors (Lipinski definition) is 4. The molecular weight excluding hydrogens is 242 g/mol. The lowest BCUT2D eigenvalue weighted by molar-refractivity contribution is -0.128. The molecule has 2 atom stereocenters. The second kappa shape index (κ2) is 4.91. The Morgan fingerprint density at radius 3 is 2.76 bits per heavy atom. The molecule has 3 N–H and O–H groups in total. The summed E-state index contributed by atoms with van der Waals surface area (Å²) >= 11 is 0. The number of amides is 1. The molecule has 2 heterocycles. The Balaban J connectivity index is 1.92. The summed E-state index contributed by atoms with van der Waals surface area (Å²) in [6.07, 6.45) is 2.25. The number of hydrogen-bond donors (Lipinski definition) is 2. The summed E-state index contributed by atoms with van der Waals surface area (Å²) < 4.78 is 22.4. The first-order valence-corrected chi connectivity index (χ1v) is 7.58. The van der Waals surface area contributed by atoms with Crippen LogP contribution >= 0.6 is 0 Å². The second-order valence-electron chi connectivity index (χ2n) is 4.93. The maximum absolute atomic E-state index is 11.7. The molecule has 0 aromatic carbocycles. The van der Waals surface area contributed by atoms with Gasteiger partial charge < -0.3 is 10.2 Å². The van der Waals surface area contributed by atoms with Crippen molar-refractivity contribution in [1.29, 1.82) is 0 Å². The minimum atomic E-state index is -3.59. The zero-order valence-corrected chi connectivity index (χ0v) is 10.6. The predicted molar refractivity (Wildman–Crippen MR) is 63.7 cm³/mol. The fraction of sp³-hybridized carbons (Fsp3) is 0.900. The summed E-state index contributed by atoms with van der Waals surface area (Å²) in [5, 5.41) is 7.65. The highest BCUT2D eigenvalue weighted by Crippen LogP contribution is 2.20. The van der Waals surface area contributed by atoms with Gasteiger partial charge in [-0.3, -0.25) is 4.79 Å². The number of nitrogens with zero attached hydrogens (tertiary/aromatic N) is 1. The molecule has 0 saturated carbocycles. The summed E-state index contributed by atoms with van der Waals surface area (Å²) in [4.78, 5) is 13.3. The molecule has 6 nitrogen and oxygen atoms in total. The van der Waals surface area contributed by atoms with E-state index in [0.29, 0.717) is 12.5 Å². The van der Waals surface area contributed by atoms with Gasteiger partial charge in [0.05, 0.1) is 0 Å². The van der Waals surface area contributed by atoms with Crippen LogP contribution in [-0.2, 0) is 14.8 Å². The van der Waals surface area contributed by atoms with Crippen molar-refractivity contribution in [3.05, 3.63) is 0 Å². The van der Waals surface area contributed by atoms with Crippen molar-refractivity contribution in [2.75, 3.05) is 26.2 Å². The van der Waals surface area contributed by atoms with Gasteiger partial charge in [-0.2, -0.15) is 0 Å². The number of sulfonamides is 1. The van der Waals surface area contributed by atoms with Gasteiger partial charge in [0, 0.05) is 19.5 Å². The third-order valence-electron chi connectivity index (χ3n) is 3.52. The smallest absolute Gasteiger partial charge is 0.224 e. The van der Waals surface area contributed by atoms with Crippen molar-refractivity contribution in [3.8, 4) is 0 Å². The molecule has 0 aromatic rings. The van der Waals surface area contributed by atoms with Crippen LogP contribution in [0.15, 0.2) is 0 Å². The first kappa shape index (κ1) is 12.8. The average Bonchev–Trinajstić information content (AvgIpc) is 2.62. The van der Waals surface area contributed by atoms with Crippen molar-refractivity contribution >= 4 is 15.9 Å². The van der Waals surface area contributed by atoms with Crippen LogP contribution in [0.3, 0.4) is 0 Å². The van der Waals surface area contributed by atoms with E-state index in [4.69, 9.17) is 5.14 Å². The molecule has 2 aliphatic rings. The van der Waals surface area contributed by atoms with Gasteiger partial charge in [-0.15, -0.1) is 0 Å². The van der Waals surface area contributed by atoms with E-state index in [-0.39, 0.29) is 18.9 Å². The average molecular weight is 261 g/mol. The number of primary sulfonamides is 1. The summed E-state index contributed by atoms with van der Waals surface area (Å²) in [5.41, 5.74) is 0. The van der Waals surface area contributed by atoms with E-state index in [1.54, 1.807) is 4.90 Å².